The fraction of sp³-hybridized carbons (Fsp3) is 0.429. The predicted octanol–water partition coefficient (Wildman–Crippen LogP) is 1.51. The quantitative estimate of drug-likeness (QED) is 0.722. The summed E-state index contributed by atoms with van der Waals surface area (Å²) in [4.78, 5) is 0. The molecule has 0 aliphatic heterocycles. The normalized spacial score (nSPS) is 14.7. The summed E-state index contributed by atoms with van der Waals surface area (Å²) < 4.78 is 10.4. The molecule has 0 aliphatic carbocycles. The Labute approximate surface area is 107 Å². The molecule has 4 heteroatoms. The second-order valence-corrected chi connectivity index (χ2v) is 3.95. The van der Waals surface area contributed by atoms with Gasteiger partial charge in [0.25, 0.3) is 0 Å². The van der Waals surface area contributed by atoms with Gasteiger partial charge in [-0.25, -0.2) is 0 Å². The van der Waals surface area contributed by atoms with Gasteiger partial charge >= 0.3 is 0 Å². The second-order valence-electron chi connectivity index (χ2n) is 3.95. The van der Waals surface area contributed by atoms with E-state index in [0.29, 0.717) is 6.61 Å². The van der Waals surface area contributed by atoms with Gasteiger partial charge < -0.3 is 19.7 Å². The summed E-state index contributed by atoms with van der Waals surface area (Å²) in [5, 5.41) is 19.0. The summed E-state index contributed by atoms with van der Waals surface area (Å²) in [5.41, 5.74) is 0.989. The largest absolute Gasteiger partial charge is 0.497 e. The minimum absolute atomic E-state index is 0.0948. The lowest BCUT2D eigenvalue weighted by atomic mass is 10.2. The van der Waals surface area contributed by atoms with E-state index in [1.165, 1.54) is 6.08 Å². The third kappa shape index (κ3) is 4.87. The number of allylic oxidation sites excluding steroid dienone is 1. The molecule has 0 unspecified atom stereocenters. The number of methoxy groups -OCH3 is 1. The van der Waals surface area contributed by atoms with Crippen molar-refractivity contribution in [3.05, 3.63) is 42.0 Å². The highest BCUT2D eigenvalue weighted by Crippen LogP contribution is 2.12. The molecule has 0 heterocycles. The maximum Gasteiger partial charge on any atom is 0.118 e. The molecule has 2 atom stereocenters. The van der Waals surface area contributed by atoms with Gasteiger partial charge in [-0.3, -0.25) is 0 Å². The van der Waals surface area contributed by atoms with E-state index in [2.05, 4.69) is 0 Å². The van der Waals surface area contributed by atoms with Crippen LogP contribution in [0.15, 0.2) is 36.4 Å². The van der Waals surface area contributed by atoms with Crippen LogP contribution >= 0.6 is 0 Å². The van der Waals surface area contributed by atoms with Crippen molar-refractivity contribution in [2.75, 3.05) is 13.7 Å². The molecule has 0 spiro atoms. The Morgan fingerprint density at radius 1 is 1.22 bits per heavy atom. The lowest BCUT2D eigenvalue weighted by molar-refractivity contribution is -0.0248. The zero-order valence-corrected chi connectivity index (χ0v) is 10.7. The Morgan fingerprint density at radius 2 is 1.89 bits per heavy atom. The molecule has 4 nitrogen and oxygen atoms in total. The standard InChI is InChI=1S/C14H20O4/c1-3-4-13(15)14(16)10-18-9-11-5-7-12(17-2)8-6-11/h3-8,13-16H,9-10H2,1-2H3/b4-3+/t13-,14-/m0/s1. The van der Waals surface area contributed by atoms with Crippen LogP contribution in [0.25, 0.3) is 0 Å². The van der Waals surface area contributed by atoms with Crippen LogP contribution in [-0.2, 0) is 11.3 Å². The minimum atomic E-state index is -0.903. The average Bonchev–Trinajstić information content (AvgIpc) is 2.39. The van der Waals surface area contributed by atoms with Crippen molar-refractivity contribution in [1.82, 2.24) is 0 Å². The molecule has 0 radical (unpaired) electrons. The molecular formula is C14H20O4. The van der Waals surface area contributed by atoms with Crippen molar-refractivity contribution in [2.24, 2.45) is 0 Å². The van der Waals surface area contributed by atoms with E-state index < -0.39 is 12.2 Å². The topological polar surface area (TPSA) is 58.9 Å². The van der Waals surface area contributed by atoms with Crippen molar-refractivity contribution in [3.63, 3.8) is 0 Å². The zero-order valence-electron chi connectivity index (χ0n) is 10.7. The average molecular weight is 252 g/mol. The Kier molecular flexibility index (Phi) is 6.43. The van der Waals surface area contributed by atoms with Gasteiger partial charge in [0.15, 0.2) is 0 Å². The van der Waals surface area contributed by atoms with Gasteiger partial charge in [0, 0.05) is 0 Å². The maximum absolute atomic E-state index is 9.56. The number of rotatable bonds is 7. The fourth-order valence-corrected chi connectivity index (χ4v) is 1.44. The molecule has 100 valence electrons. The monoisotopic (exact) mass is 252 g/mol. The van der Waals surface area contributed by atoms with Gasteiger partial charge in [0.2, 0.25) is 0 Å². The van der Waals surface area contributed by atoms with Gasteiger partial charge in [-0.2, -0.15) is 0 Å². The number of hydrogen-bond donors (Lipinski definition) is 2. The highest BCUT2D eigenvalue weighted by Gasteiger charge is 2.12. The Morgan fingerprint density at radius 3 is 2.44 bits per heavy atom. The van der Waals surface area contributed by atoms with Crippen LogP contribution in [0.4, 0.5) is 0 Å². The molecule has 0 fully saturated rings. The minimum Gasteiger partial charge on any atom is -0.497 e. The van der Waals surface area contributed by atoms with E-state index in [1.54, 1.807) is 20.1 Å². The Bertz CT molecular complexity index is 359. The smallest absolute Gasteiger partial charge is 0.118 e. The second kappa shape index (κ2) is 7.87. The van der Waals surface area contributed by atoms with E-state index in [-0.39, 0.29) is 6.61 Å². The van der Waals surface area contributed by atoms with Crippen molar-refractivity contribution in [3.8, 4) is 5.75 Å². The van der Waals surface area contributed by atoms with Crippen LogP contribution in [0.5, 0.6) is 5.75 Å². The van der Waals surface area contributed by atoms with Gasteiger partial charge in [-0.15, -0.1) is 0 Å². The first kappa shape index (κ1) is 14.7. The van der Waals surface area contributed by atoms with Gasteiger partial charge in [-0.1, -0.05) is 24.3 Å². The molecule has 0 amide bonds. The van der Waals surface area contributed by atoms with Crippen LogP contribution in [0.2, 0.25) is 0 Å². The molecule has 1 aromatic carbocycles. The predicted molar refractivity (Wildman–Crippen MR) is 69.5 cm³/mol. The third-order valence-corrected chi connectivity index (χ3v) is 2.50. The first-order valence-corrected chi connectivity index (χ1v) is 5.87. The van der Waals surface area contributed by atoms with Crippen LogP contribution in [0.1, 0.15) is 12.5 Å². The third-order valence-electron chi connectivity index (χ3n) is 2.50. The summed E-state index contributed by atoms with van der Waals surface area (Å²) >= 11 is 0. The van der Waals surface area contributed by atoms with Gasteiger partial charge in [0.05, 0.1) is 20.3 Å². The molecule has 18 heavy (non-hydrogen) atoms. The first-order chi connectivity index (χ1) is 8.67. The Balaban J connectivity index is 2.32. The molecule has 0 bridgehead atoms. The molecule has 0 saturated heterocycles. The lowest BCUT2D eigenvalue weighted by Crippen LogP contribution is -2.28. The van der Waals surface area contributed by atoms with E-state index in [0.717, 1.165) is 11.3 Å². The summed E-state index contributed by atoms with van der Waals surface area (Å²) in [7, 11) is 1.62. The van der Waals surface area contributed by atoms with Crippen molar-refractivity contribution in [1.29, 1.82) is 0 Å². The van der Waals surface area contributed by atoms with Crippen LogP contribution in [0.3, 0.4) is 0 Å². The molecule has 0 saturated carbocycles. The maximum atomic E-state index is 9.56. The fourth-order valence-electron chi connectivity index (χ4n) is 1.44. The van der Waals surface area contributed by atoms with Crippen LogP contribution < -0.4 is 4.74 Å². The van der Waals surface area contributed by atoms with Crippen molar-refractivity contribution in [2.45, 2.75) is 25.7 Å². The van der Waals surface area contributed by atoms with E-state index in [4.69, 9.17) is 9.47 Å². The summed E-state index contributed by atoms with van der Waals surface area (Å²) in [6.07, 6.45) is 1.43. The number of aliphatic hydroxyl groups excluding tert-OH is 2. The number of hydrogen-bond acceptors (Lipinski definition) is 4. The number of aliphatic hydroxyl groups is 2. The highest BCUT2D eigenvalue weighted by molar-refractivity contribution is 5.26. The van der Waals surface area contributed by atoms with E-state index >= 15 is 0 Å². The molecule has 2 N–H and O–H groups in total. The summed E-state index contributed by atoms with van der Waals surface area (Å²) in [5.74, 6) is 0.794. The molecule has 0 aromatic heterocycles. The molecular weight excluding hydrogens is 232 g/mol. The SMILES string of the molecule is C/C=C/[C@H](O)[C@@H](O)COCc1ccc(OC)cc1. The molecule has 1 aromatic rings. The molecule has 1 rings (SSSR count). The first-order valence-electron chi connectivity index (χ1n) is 5.87. The number of ether oxygens (including phenoxy) is 2. The van der Waals surface area contributed by atoms with Gasteiger partial charge in [0.1, 0.15) is 18.0 Å². The summed E-state index contributed by atoms with van der Waals surface area (Å²) in [6.45, 7) is 2.27. The lowest BCUT2D eigenvalue weighted by Gasteiger charge is -2.14. The van der Waals surface area contributed by atoms with Gasteiger partial charge in [-0.05, 0) is 24.6 Å². The highest BCUT2D eigenvalue weighted by atomic mass is 16.5. The van der Waals surface area contributed by atoms with E-state index in [9.17, 15) is 10.2 Å². The van der Waals surface area contributed by atoms with E-state index in [1.807, 2.05) is 24.3 Å². The molecule has 0 aliphatic rings. The number of benzene rings is 1. The van der Waals surface area contributed by atoms with Crippen molar-refractivity contribution >= 4 is 0 Å². The zero-order chi connectivity index (χ0) is 13.4. The van der Waals surface area contributed by atoms with Crippen molar-refractivity contribution < 1.29 is 19.7 Å². The van der Waals surface area contributed by atoms with Crippen LogP contribution in [-0.4, -0.2) is 36.1 Å². The summed E-state index contributed by atoms with van der Waals surface area (Å²) in [6, 6.07) is 7.49. The van der Waals surface area contributed by atoms with Crippen LogP contribution in [0, 0.1) is 0 Å². The Hall–Kier alpha value is -1.36.